The van der Waals surface area contributed by atoms with E-state index in [1.54, 1.807) is 13.8 Å². The van der Waals surface area contributed by atoms with Crippen LogP contribution in [0.1, 0.15) is 69.5 Å². The van der Waals surface area contributed by atoms with Crippen LogP contribution in [0.4, 0.5) is 0 Å². The van der Waals surface area contributed by atoms with Gasteiger partial charge in [-0.15, -0.1) is 6.47 Å². The summed E-state index contributed by atoms with van der Waals surface area (Å²) in [4.78, 5) is 39.7. The zero-order valence-electron chi connectivity index (χ0n) is 25.1. The molecule has 0 amide bonds. The van der Waals surface area contributed by atoms with Crippen molar-refractivity contribution in [3.8, 4) is 0 Å². The summed E-state index contributed by atoms with van der Waals surface area (Å²) in [5, 5.41) is 0. The van der Waals surface area contributed by atoms with Crippen LogP contribution in [0.25, 0.3) is 0 Å². The molecule has 0 unspecified atom stereocenters. The van der Waals surface area contributed by atoms with Crippen molar-refractivity contribution in [2.45, 2.75) is 83.1 Å². The molecular formula is C30H42O7Rh2-10. The zero-order chi connectivity index (χ0) is 29.5. The molecule has 2 radical (unpaired) electrons. The van der Waals surface area contributed by atoms with Gasteiger partial charge in [-0.3, -0.25) is 22.5 Å². The van der Waals surface area contributed by atoms with Gasteiger partial charge in [-0.2, -0.15) is 27.8 Å². The van der Waals surface area contributed by atoms with Gasteiger partial charge < -0.3 is 58.0 Å². The summed E-state index contributed by atoms with van der Waals surface area (Å²) in [6, 6.07) is 0. The van der Waals surface area contributed by atoms with Gasteiger partial charge >= 0.3 is 0 Å². The van der Waals surface area contributed by atoms with E-state index in [9.17, 15) is 14.4 Å². The van der Waals surface area contributed by atoms with E-state index >= 15 is 0 Å². The maximum absolute atomic E-state index is 11.1. The Morgan fingerprint density at radius 3 is 1.33 bits per heavy atom. The van der Waals surface area contributed by atoms with Gasteiger partial charge in [-0.05, 0) is 13.8 Å². The molecule has 0 fully saturated rings. The third-order valence-corrected chi connectivity index (χ3v) is 6.79. The molecule has 2 rings (SSSR count). The molecule has 0 spiro atoms. The van der Waals surface area contributed by atoms with Crippen molar-refractivity contribution < 1.29 is 72.3 Å². The van der Waals surface area contributed by atoms with Crippen molar-refractivity contribution in [2.75, 3.05) is 13.2 Å². The van der Waals surface area contributed by atoms with Crippen LogP contribution in [0.15, 0.2) is 0 Å². The van der Waals surface area contributed by atoms with Crippen LogP contribution < -0.4 is 0 Å². The first kappa shape index (κ1) is 43.8. The molecule has 0 aliphatic carbocycles. The smallest absolute Gasteiger partial charge is 0.172 e. The van der Waals surface area contributed by atoms with Crippen molar-refractivity contribution in [3.05, 3.63) is 68.2 Å². The Bertz CT molecular complexity index is 803. The van der Waals surface area contributed by atoms with Gasteiger partial charge in [-0.1, -0.05) is 34.6 Å². The number of hydrogen-bond acceptors (Lipinski definition) is 7. The van der Waals surface area contributed by atoms with Crippen molar-refractivity contribution >= 4 is 25.2 Å². The first-order chi connectivity index (χ1) is 17.3. The zero-order valence-corrected chi connectivity index (χ0v) is 28.4. The third kappa shape index (κ3) is 13.6. The van der Waals surface area contributed by atoms with Crippen LogP contribution in [0, 0.1) is 81.8 Å². The second kappa shape index (κ2) is 22.6. The quantitative estimate of drug-likeness (QED) is 0.122. The number of rotatable bonds is 7. The monoisotopic (exact) mass is 720 g/mol. The number of carbonyl (C=O) groups excluding carboxylic acids is 4. The molecule has 7 nitrogen and oxygen atoms in total. The molecule has 0 aliphatic rings. The Kier molecular flexibility index (Phi) is 25.4. The topological polar surface area (TPSA) is 96.0 Å². The summed E-state index contributed by atoms with van der Waals surface area (Å²) in [5.74, 6) is -1.72. The number of carbonyl (C=O) groups is 2. The Morgan fingerprint density at radius 2 is 1.10 bits per heavy atom. The SMILES string of the molecule is CCOC(=O)[CH-][C-](O[C-]=O)C(=O)OCC.C[c-]1[c-](C)[c-](C)[c-](C)[c-]1C.Cc1c(C)c(C)[c-](C)c1C.[CH-]=O.[Rh].[Rh]. The molecular weight excluding hydrogens is 678 g/mol. The summed E-state index contributed by atoms with van der Waals surface area (Å²) in [7, 11) is 0. The van der Waals surface area contributed by atoms with Crippen molar-refractivity contribution in [2.24, 2.45) is 0 Å². The number of hydrogen-bond donors (Lipinski definition) is 0. The molecule has 9 heteroatoms. The Labute approximate surface area is 261 Å². The molecule has 0 bridgehead atoms. The van der Waals surface area contributed by atoms with E-state index in [1.807, 2.05) is 0 Å². The maximum atomic E-state index is 11.1. The van der Waals surface area contributed by atoms with Crippen LogP contribution in [-0.4, -0.2) is 38.4 Å². The number of esters is 2. The first-order valence-corrected chi connectivity index (χ1v) is 12.0. The van der Waals surface area contributed by atoms with E-state index in [0.717, 1.165) is 12.9 Å². The molecule has 0 saturated heterocycles. The van der Waals surface area contributed by atoms with Gasteiger partial charge in [0.1, 0.15) is 5.97 Å². The molecule has 232 valence electrons. The summed E-state index contributed by atoms with van der Waals surface area (Å²) in [5.41, 5.74) is 14.7. The minimum Gasteiger partial charge on any atom is -0.810 e. The molecule has 0 heterocycles. The molecule has 0 atom stereocenters. The molecule has 0 N–H and O–H groups in total. The molecule has 2 aromatic carbocycles. The third-order valence-electron chi connectivity index (χ3n) is 6.79. The van der Waals surface area contributed by atoms with Crippen LogP contribution in [-0.2, 0) is 72.3 Å². The van der Waals surface area contributed by atoms with E-state index < -0.39 is 18.0 Å². The first-order valence-electron chi connectivity index (χ1n) is 12.0. The van der Waals surface area contributed by atoms with Gasteiger partial charge in [0.15, 0.2) is 5.97 Å². The largest absolute Gasteiger partial charge is 0.810 e. The van der Waals surface area contributed by atoms with Gasteiger partial charge in [0, 0.05) is 39.0 Å². The molecule has 2 aromatic rings. The average Bonchev–Trinajstić information content (AvgIpc) is 3.15. The van der Waals surface area contributed by atoms with Crippen LogP contribution >= 0.6 is 0 Å². The van der Waals surface area contributed by atoms with E-state index in [2.05, 4.69) is 90.2 Å². The molecule has 0 aromatic heterocycles. The van der Waals surface area contributed by atoms with Gasteiger partial charge in [0.05, 0.1) is 13.2 Å². The normalized spacial score (nSPS) is 8.82. The van der Waals surface area contributed by atoms with E-state index in [-0.39, 0.29) is 52.2 Å². The van der Waals surface area contributed by atoms with Crippen LogP contribution in [0.3, 0.4) is 0 Å². The van der Waals surface area contributed by atoms with Crippen molar-refractivity contribution in [3.63, 3.8) is 0 Å². The van der Waals surface area contributed by atoms with Gasteiger partial charge in [0.25, 0.3) is 0 Å². The molecule has 0 saturated carbocycles. The Morgan fingerprint density at radius 1 is 0.769 bits per heavy atom. The average molecular weight is 720 g/mol. The summed E-state index contributed by atoms with van der Waals surface area (Å²) in [6.07, 6.45) is 0.178. The number of ether oxygens (including phenoxy) is 3. The van der Waals surface area contributed by atoms with Gasteiger partial charge in [-0.25, -0.2) is 34.6 Å². The Balaban J connectivity index is -0.000000228. The van der Waals surface area contributed by atoms with Crippen LogP contribution in [0.2, 0.25) is 0 Å². The fourth-order valence-electron chi connectivity index (χ4n) is 3.48. The van der Waals surface area contributed by atoms with Crippen LogP contribution in [0.5, 0.6) is 0 Å². The minimum absolute atomic E-state index is 0. The molecule has 0 aliphatic heterocycles. The predicted octanol–water partition coefficient (Wildman–Crippen LogP) is 5.55. The molecule has 39 heavy (non-hydrogen) atoms. The fraction of sp³-hybridized carbons (Fsp3) is 0.467. The minimum atomic E-state index is -0.922. The fourth-order valence-corrected chi connectivity index (χ4v) is 3.48. The van der Waals surface area contributed by atoms with E-state index in [1.165, 1.54) is 55.6 Å². The standard InChI is InChI=1S/2C10H15.C9H11O6.CHO.2Rh/c2*1-6-7(2)9(4)10(5)8(6)3;1-3-13-8(11)5-7(15-6-10)9(12)14-4-2;1-2;;/h2*1-5H3;5H,3-4H2,1-2H3;1H;;/q-5;-1;-3;-1;;. The summed E-state index contributed by atoms with van der Waals surface area (Å²) >= 11 is 0. The predicted molar refractivity (Wildman–Crippen MR) is 146 cm³/mol. The van der Waals surface area contributed by atoms with Gasteiger partial charge in [0.2, 0.25) is 0 Å². The Hall–Kier alpha value is -2.23. The summed E-state index contributed by atoms with van der Waals surface area (Å²) in [6.45, 7) is 29.7. The maximum Gasteiger partial charge on any atom is 0.172 e. The summed E-state index contributed by atoms with van der Waals surface area (Å²) < 4.78 is 13.2. The second-order valence-electron chi connectivity index (χ2n) is 8.42. The van der Waals surface area contributed by atoms with Crippen molar-refractivity contribution in [1.29, 1.82) is 0 Å². The van der Waals surface area contributed by atoms with Crippen molar-refractivity contribution in [1.82, 2.24) is 0 Å². The van der Waals surface area contributed by atoms with E-state index in [4.69, 9.17) is 4.79 Å². The second-order valence-corrected chi connectivity index (χ2v) is 8.42. The van der Waals surface area contributed by atoms with E-state index in [0.29, 0.717) is 0 Å².